The van der Waals surface area contributed by atoms with Crippen LogP contribution in [-0.2, 0) is 7.05 Å². The van der Waals surface area contributed by atoms with Crippen molar-refractivity contribution < 1.29 is 0 Å². The first-order valence-corrected chi connectivity index (χ1v) is 4.01. The monoisotopic (exact) mass is 163 g/mol. The molecule has 0 saturated carbocycles. The number of imidazole rings is 1. The van der Waals surface area contributed by atoms with Crippen molar-refractivity contribution in [1.29, 1.82) is 5.26 Å². The first-order chi connectivity index (χ1) is 5.57. The quantitative estimate of drug-likeness (QED) is 0.632. The third-order valence-electron chi connectivity index (χ3n) is 2.02. The Morgan fingerprint density at radius 2 is 2.08 bits per heavy atom. The molecule has 1 heterocycles. The van der Waals surface area contributed by atoms with Crippen LogP contribution in [0.15, 0.2) is 0 Å². The summed E-state index contributed by atoms with van der Waals surface area (Å²) in [5.74, 6) is 1.25. The van der Waals surface area contributed by atoms with Crippen molar-refractivity contribution in [1.82, 2.24) is 9.55 Å². The van der Waals surface area contributed by atoms with Gasteiger partial charge in [-0.2, -0.15) is 5.26 Å². The maximum atomic E-state index is 8.78. The number of nitriles is 1. The summed E-state index contributed by atoms with van der Waals surface area (Å²) in [5, 5.41) is 8.78. The lowest BCUT2D eigenvalue weighted by Gasteiger charge is -2.06. The van der Waals surface area contributed by atoms with Crippen molar-refractivity contribution >= 4 is 0 Å². The molecule has 0 atom stereocenters. The number of aromatic nitrogens is 2. The molecular formula is C9H13N3. The highest BCUT2D eigenvalue weighted by Gasteiger charge is 2.14. The third-order valence-corrected chi connectivity index (χ3v) is 2.02. The first-order valence-electron chi connectivity index (χ1n) is 4.01. The number of hydrogen-bond acceptors (Lipinski definition) is 2. The van der Waals surface area contributed by atoms with E-state index < -0.39 is 0 Å². The molecule has 1 aromatic heterocycles. The summed E-state index contributed by atoms with van der Waals surface area (Å²) < 4.78 is 1.98. The molecule has 0 radical (unpaired) electrons. The van der Waals surface area contributed by atoms with Crippen LogP contribution in [0.5, 0.6) is 0 Å². The summed E-state index contributed by atoms with van der Waals surface area (Å²) in [5.41, 5.74) is 1.58. The zero-order valence-corrected chi connectivity index (χ0v) is 7.92. The number of aryl methyl sites for hydroxylation is 1. The topological polar surface area (TPSA) is 41.6 Å². The fourth-order valence-corrected chi connectivity index (χ4v) is 1.37. The van der Waals surface area contributed by atoms with Crippen molar-refractivity contribution in [3.8, 4) is 6.07 Å². The van der Waals surface area contributed by atoms with Crippen molar-refractivity contribution in [2.24, 2.45) is 7.05 Å². The van der Waals surface area contributed by atoms with Gasteiger partial charge in [-0.25, -0.2) is 4.98 Å². The smallest absolute Gasteiger partial charge is 0.162 e. The van der Waals surface area contributed by atoms with Gasteiger partial charge in [0.15, 0.2) is 5.69 Å². The minimum Gasteiger partial charge on any atom is -0.334 e. The van der Waals surface area contributed by atoms with Gasteiger partial charge in [-0.1, -0.05) is 13.8 Å². The van der Waals surface area contributed by atoms with Gasteiger partial charge in [-0.3, -0.25) is 0 Å². The molecule has 0 saturated heterocycles. The average Bonchev–Trinajstić information content (AvgIpc) is 2.28. The lowest BCUT2D eigenvalue weighted by molar-refractivity contribution is 0.722. The Morgan fingerprint density at radius 3 is 2.42 bits per heavy atom. The SMILES string of the molecule is Cc1nc(C#N)c(C(C)C)n1C. The molecule has 64 valence electrons. The second-order valence-electron chi connectivity index (χ2n) is 3.22. The summed E-state index contributed by atoms with van der Waals surface area (Å²) in [6, 6.07) is 2.11. The van der Waals surface area contributed by atoms with Crippen molar-refractivity contribution in [2.75, 3.05) is 0 Å². The van der Waals surface area contributed by atoms with Gasteiger partial charge in [-0.15, -0.1) is 0 Å². The Morgan fingerprint density at radius 1 is 1.50 bits per heavy atom. The zero-order chi connectivity index (χ0) is 9.30. The first kappa shape index (κ1) is 8.79. The maximum Gasteiger partial charge on any atom is 0.162 e. The van der Waals surface area contributed by atoms with E-state index in [1.165, 1.54) is 0 Å². The van der Waals surface area contributed by atoms with Crippen LogP contribution in [0.4, 0.5) is 0 Å². The predicted molar refractivity (Wildman–Crippen MR) is 46.7 cm³/mol. The molecule has 0 fully saturated rings. The largest absolute Gasteiger partial charge is 0.334 e. The normalized spacial score (nSPS) is 10.3. The van der Waals surface area contributed by atoms with Gasteiger partial charge in [0.1, 0.15) is 11.9 Å². The summed E-state index contributed by atoms with van der Waals surface area (Å²) in [6.45, 7) is 6.04. The molecule has 0 bridgehead atoms. The predicted octanol–water partition coefficient (Wildman–Crippen LogP) is 1.72. The fourth-order valence-electron chi connectivity index (χ4n) is 1.37. The van der Waals surface area contributed by atoms with Gasteiger partial charge in [0.2, 0.25) is 0 Å². The van der Waals surface area contributed by atoms with Crippen LogP contribution < -0.4 is 0 Å². The van der Waals surface area contributed by atoms with Crippen molar-refractivity contribution in [3.05, 3.63) is 17.2 Å². The molecule has 3 heteroatoms. The number of nitrogens with zero attached hydrogens (tertiary/aromatic N) is 3. The molecular weight excluding hydrogens is 150 g/mol. The molecule has 0 aromatic carbocycles. The van der Waals surface area contributed by atoms with Crippen LogP contribution >= 0.6 is 0 Å². The van der Waals surface area contributed by atoms with E-state index in [0.29, 0.717) is 11.6 Å². The van der Waals surface area contributed by atoms with Crippen LogP contribution in [0.1, 0.15) is 37.0 Å². The van der Waals surface area contributed by atoms with Gasteiger partial charge in [0.05, 0.1) is 5.69 Å². The van der Waals surface area contributed by atoms with Crippen molar-refractivity contribution in [3.63, 3.8) is 0 Å². The second kappa shape index (κ2) is 2.98. The summed E-state index contributed by atoms with van der Waals surface area (Å²) in [7, 11) is 1.94. The maximum absolute atomic E-state index is 8.78. The van der Waals surface area contributed by atoms with Gasteiger partial charge >= 0.3 is 0 Å². The van der Waals surface area contributed by atoms with Crippen LogP contribution in [0.3, 0.4) is 0 Å². The van der Waals surface area contributed by atoms with E-state index in [9.17, 15) is 0 Å². The van der Waals surface area contributed by atoms with Crippen LogP contribution in [0, 0.1) is 18.3 Å². The Bertz CT molecular complexity index is 328. The van der Waals surface area contributed by atoms with E-state index >= 15 is 0 Å². The van der Waals surface area contributed by atoms with Crippen molar-refractivity contribution in [2.45, 2.75) is 26.7 Å². The Balaban J connectivity index is 3.34. The van der Waals surface area contributed by atoms with Crippen LogP contribution in [0.25, 0.3) is 0 Å². The molecule has 12 heavy (non-hydrogen) atoms. The minimum absolute atomic E-state index is 0.353. The molecule has 0 N–H and O–H groups in total. The molecule has 0 spiro atoms. The average molecular weight is 163 g/mol. The molecule has 0 aliphatic carbocycles. The summed E-state index contributed by atoms with van der Waals surface area (Å²) in [4.78, 5) is 4.15. The van der Waals surface area contributed by atoms with E-state index in [4.69, 9.17) is 5.26 Å². The molecule has 0 unspecified atom stereocenters. The van der Waals surface area contributed by atoms with Crippen LogP contribution in [-0.4, -0.2) is 9.55 Å². The number of hydrogen-bond donors (Lipinski definition) is 0. The van der Waals surface area contributed by atoms with Gasteiger partial charge < -0.3 is 4.57 Å². The van der Waals surface area contributed by atoms with E-state index in [2.05, 4.69) is 24.9 Å². The molecule has 1 rings (SSSR count). The standard InChI is InChI=1S/C9H13N3/c1-6(2)9-8(5-10)11-7(3)12(9)4/h6H,1-4H3. The molecule has 0 amide bonds. The molecule has 0 aliphatic heterocycles. The van der Waals surface area contributed by atoms with Gasteiger partial charge in [0, 0.05) is 7.05 Å². The number of rotatable bonds is 1. The van der Waals surface area contributed by atoms with Gasteiger partial charge in [-0.05, 0) is 12.8 Å². The lowest BCUT2D eigenvalue weighted by atomic mass is 10.1. The highest BCUT2D eigenvalue weighted by Crippen LogP contribution is 2.18. The summed E-state index contributed by atoms with van der Waals surface area (Å²) >= 11 is 0. The molecule has 3 nitrogen and oxygen atoms in total. The molecule has 1 aromatic rings. The van der Waals surface area contributed by atoms with Gasteiger partial charge in [0.25, 0.3) is 0 Å². The highest BCUT2D eigenvalue weighted by molar-refractivity contribution is 5.30. The summed E-state index contributed by atoms with van der Waals surface area (Å²) in [6.07, 6.45) is 0. The Labute approximate surface area is 72.7 Å². The third kappa shape index (κ3) is 1.20. The lowest BCUT2D eigenvalue weighted by Crippen LogP contribution is -2.01. The minimum atomic E-state index is 0.353. The molecule has 0 aliphatic rings. The zero-order valence-electron chi connectivity index (χ0n) is 7.92. The highest BCUT2D eigenvalue weighted by atomic mass is 15.1. The Hall–Kier alpha value is -1.30. The van der Waals surface area contributed by atoms with E-state index in [1.807, 2.05) is 18.5 Å². The van der Waals surface area contributed by atoms with E-state index in [0.717, 1.165) is 11.5 Å². The van der Waals surface area contributed by atoms with E-state index in [1.54, 1.807) is 0 Å². The fraction of sp³-hybridized carbons (Fsp3) is 0.556. The second-order valence-corrected chi connectivity index (χ2v) is 3.22. The van der Waals surface area contributed by atoms with Crippen LogP contribution in [0.2, 0.25) is 0 Å². The van der Waals surface area contributed by atoms with E-state index in [-0.39, 0.29) is 0 Å². The Kier molecular flexibility index (Phi) is 2.18.